The first-order valence-electron chi connectivity index (χ1n) is 5.10. The zero-order chi connectivity index (χ0) is 11.8. The van der Waals surface area contributed by atoms with Gasteiger partial charge in [0.15, 0.2) is 0 Å². The van der Waals surface area contributed by atoms with E-state index in [1.807, 2.05) is 6.07 Å². The molecule has 2 N–H and O–H groups in total. The van der Waals surface area contributed by atoms with E-state index >= 15 is 0 Å². The van der Waals surface area contributed by atoms with E-state index in [1.54, 1.807) is 24.3 Å². The Morgan fingerprint density at radius 3 is 2.62 bits per heavy atom. The van der Waals surface area contributed by atoms with Gasteiger partial charge >= 0.3 is 0 Å². The highest BCUT2D eigenvalue weighted by Gasteiger charge is 2.06. The lowest BCUT2D eigenvalue weighted by molar-refractivity contribution is 0.175. The van der Waals surface area contributed by atoms with Crippen molar-refractivity contribution in [3.8, 4) is 18.4 Å². The smallest absolute Gasteiger partial charge is 0.0991 e. The van der Waals surface area contributed by atoms with Gasteiger partial charge in [-0.25, -0.2) is 0 Å². The lowest BCUT2D eigenvalue weighted by Crippen LogP contribution is -2.22. The summed E-state index contributed by atoms with van der Waals surface area (Å²) in [6.07, 6.45) is 5.19. The van der Waals surface area contributed by atoms with Crippen LogP contribution >= 0.6 is 0 Å². The Morgan fingerprint density at radius 1 is 1.38 bits per heavy atom. The van der Waals surface area contributed by atoms with Crippen molar-refractivity contribution in [2.75, 3.05) is 13.1 Å². The second-order valence-electron chi connectivity index (χ2n) is 3.41. The summed E-state index contributed by atoms with van der Waals surface area (Å²) in [6.45, 7) is 1.16. The molecule has 0 spiro atoms. The van der Waals surface area contributed by atoms with Gasteiger partial charge in [-0.05, 0) is 17.7 Å². The summed E-state index contributed by atoms with van der Waals surface area (Å²) < 4.78 is 0. The molecule has 0 aliphatic carbocycles. The lowest BCUT2D eigenvalue weighted by atomic mass is 10.1. The minimum Gasteiger partial charge on any atom is -0.387 e. The van der Waals surface area contributed by atoms with Crippen LogP contribution in [0.3, 0.4) is 0 Å². The molecule has 0 amide bonds. The average molecular weight is 214 g/mol. The van der Waals surface area contributed by atoms with Crippen LogP contribution in [0.2, 0.25) is 0 Å². The van der Waals surface area contributed by atoms with Gasteiger partial charge in [-0.3, -0.25) is 0 Å². The first kappa shape index (κ1) is 12.3. The van der Waals surface area contributed by atoms with E-state index in [9.17, 15) is 5.11 Å². The van der Waals surface area contributed by atoms with E-state index in [0.717, 1.165) is 5.56 Å². The van der Waals surface area contributed by atoms with Crippen LogP contribution in [-0.4, -0.2) is 18.2 Å². The molecule has 0 aliphatic heterocycles. The van der Waals surface area contributed by atoms with E-state index in [2.05, 4.69) is 11.2 Å². The number of aliphatic hydroxyl groups excluding tert-OH is 1. The number of benzene rings is 1. The van der Waals surface area contributed by atoms with Crippen molar-refractivity contribution in [3.05, 3.63) is 35.4 Å². The number of terminal acetylenes is 1. The van der Waals surface area contributed by atoms with Crippen molar-refractivity contribution in [1.29, 1.82) is 5.26 Å². The molecule has 1 aromatic rings. The second-order valence-corrected chi connectivity index (χ2v) is 3.41. The second kappa shape index (κ2) is 6.63. The van der Waals surface area contributed by atoms with Gasteiger partial charge in [-0.15, -0.1) is 12.3 Å². The molecule has 0 radical (unpaired) electrons. The number of hydrogen-bond donors (Lipinski definition) is 2. The maximum Gasteiger partial charge on any atom is 0.0991 e. The molecular formula is C13H14N2O. The molecule has 1 aromatic carbocycles. The van der Waals surface area contributed by atoms with Gasteiger partial charge in [0.2, 0.25) is 0 Å². The summed E-state index contributed by atoms with van der Waals surface area (Å²) in [5.74, 6) is 2.52. The van der Waals surface area contributed by atoms with Crippen LogP contribution in [0.1, 0.15) is 23.7 Å². The van der Waals surface area contributed by atoms with E-state index in [4.69, 9.17) is 11.7 Å². The predicted octanol–water partition coefficient (Wildman–Crippen LogP) is 1.20. The fourth-order valence-electron chi connectivity index (χ4n) is 1.30. The van der Waals surface area contributed by atoms with E-state index in [0.29, 0.717) is 25.1 Å². The molecule has 0 saturated heterocycles. The van der Waals surface area contributed by atoms with Gasteiger partial charge < -0.3 is 10.4 Å². The summed E-state index contributed by atoms with van der Waals surface area (Å²) in [7, 11) is 0. The molecule has 1 rings (SSSR count). The van der Waals surface area contributed by atoms with Gasteiger partial charge in [-0.2, -0.15) is 5.26 Å². The summed E-state index contributed by atoms with van der Waals surface area (Å²) in [5.41, 5.74) is 1.39. The summed E-state index contributed by atoms with van der Waals surface area (Å²) in [5, 5.41) is 21.5. The number of rotatable bonds is 5. The van der Waals surface area contributed by atoms with Crippen LogP contribution in [0.4, 0.5) is 0 Å². The predicted molar refractivity (Wildman–Crippen MR) is 62.4 cm³/mol. The molecule has 16 heavy (non-hydrogen) atoms. The molecular weight excluding hydrogens is 200 g/mol. The normalized spacial score (nSPS) is 11.4. The molecule has 0 bridgehead atoms. The first-order valence-corrected chi connectivity index (χ1v) is 5.10. The van der Waals surface area contributed by atoms with Crippen molar-refractivity contribution in [3.63, 3.8) is 0 Å². The number of nitrogens with zero attached hydrogens (tertiary/aromatic N) is 1. The highest BCUT2D eigenvalue weighted by molar-refractivity contribution is 5.32. The Hall–Kier alpha value is -1.81. The highest BCUT2D eigenvalue weighted by atomic mass is 16.3. The molecule has 3 nitrogen and oxygen atoms in total. The quantitative estimate of drug-likeness (QED) is 0.572. The zero-order valence-electron chi connectivity index (χ0n) is 8.98. The Morgan fingerprint density at radius 2 is 2.06 bits per heavy atom. The minimum atomic E-state index is -0.564. The first-order chi connectivity index (χ1) is 7.77. The third kappa shape index (κ3) is 3.74. The molecule has 1 atom stereocenters. The molecule has 82 valence electrons. The molecule has 0 heterocycles. The maximum absolute atomic E-state index is 9.79. The fourth-order valence-corrected chi connectivity index (χ4v) is 1.30. The largest absolute Gasteiger partial charge is 0.387 e. The Kier molecular flexibility index (Phi) is 5.08. The van der Waals surface area contributed by atoms with Gasteiger partial charge in [0.1, 0.15) is 0 Å². The minimum absolute atomic E-state index is 0.466. The molecule has 0 fully saturated rings. The van der Waals surface area contributed by atoms with Crippen LogP contribution in [0, 0.1) is 23.7 Å². The van der Waals surface area contributed by atoms with Gasteiger partial charge in [-0.1, -0.05) is 12.1 Å². The van der Waals surface area contributed by atoms with E-state index < -0.39 is 6.10 Å². The van der Waals surface area contributed by atoms with Crippen LogP contribution in [0.15, 0.2) is 24.3 Å². The molecule has 0 aliphatic rings. The Labute approximate surface area is 95.7 Å². The standard InChI is InChI=1S/C13H14N2O/c1-2-3-8-15-10-13(16)12-6-4-11(9-14)5-7-12/h1,4-7,13,15-16H,3,8,10H2. The summed E-state index contributed by atoms with van der Waals surface area (Å²) >= 11 is 0. The van der Waals surface area contributed by atoms with E-state index in [-0.39, 0.29) is 0 Å². The third-order valence-corrected chi connectivity index (χ3v) is 2.21. The van der Waals surface area contributed by atoms with Crippen molar-refractivity contribution >= 4 is 0 Å². The third-order valence-electron chi connectivity index (χ3n) is 2.21. The average Bonchev–Trinajstić information content (AvgIpc) is 2.34. The summed E-state index contributed by atoms with van der Waals surface area (Å²) in [4.78, 5) is 0. The monoisotopic (exact) mass is 214 g/mol. The number of nitrogens with one attached hydrogen (secondary N) is 1. The van der Waals surface area contributed by atoms with Crippen molar-refractivity contribution in [2.45, 2.75) is 12.5 Å². The van der Waals surface area contributed by atoms with Crippen LogP contribution in [-0.2, 0) is 0 Å². The van der Waals surface area contributed by atoms with Gasteiger partial charge in [0, 0.05) is 19.5 Å². The molecule has 0 aromatic heterocycles. The number of aliphatic hydroxyl groups is 1. The topological polar surface area (TPSA) is 56.0 Å². The molecule has 1 unspecified atom stereocenters. The fraction of sp³-hybridized carbons (Fsp3) is 0.308. The summed E-state index contributed by atoms with van der Waals surface area (Å²) in [6, 6.07) is 8.93. The van der Waals surface area contributed by atoms with Crippen molar-refractivity contribution in [1.82, 2.24) is 5.32 Å². The lowest BCUT2D eigenvalue weighted by Gasteiger charge is -2.11. The molecule has 0 saturated carbocycles. The van der Waals surface area contributed by atoms with Crippen LogP contribution in [0.5, 0.6) is 0 Å². The maximum atomic E-state index is 9.79. The van der Waals surface area contributed by atoms with Gasteiger partial charge in [0.05, 0.1) is 17.7 Å². The van der Waals surface area contributed by atoms with Crippen LogP contribution < -0.4 is 5.32 Å². The molecule has 3 heteroatoms. The highest BCUT2D eigenvalue weighted by Crippen LogP contribution is 2.12. The Balaban J connectivity index is 2.44. The van der Waals surface area contributed by atoms with E-state index in [1.165, 1.54) is 0 Å². The van der Waals surface area contributed by atoms with Crippen LogP contribution in [0.25, 0.3) is 0 Å². The Bertz CT molecular complexity index is 397. The number of nitriles is 1. The zero-order valence-corrected chi connectivity index (χ0v) is 8.98. The van der Waals surface area contributed by atoms with Crippen molar-refractivity contribution < 1.29 is 5.11 Å². The SMILES string of the molecule is C#CCCNCC(O)c1ccc(C#N)cc1. The van der Waals surface area contributed by atoms with Gasteiger partial charge in [0.25, 0.3) is 0 Å². The number of hydrogen-bond acceptors (Lipinski definition) is 3. The van der Waals surface area contributed by atoms with Crippen molar-refractivity contribution in [2.24, 2.45) is 0 Å².